The molecule has 1 aromatic carbocycles. The summed E-state index contributed by atoms with van der Waals surface area (Å²) in [5.74, 6) is -1.14. The van der Waals surface area contributed by atoms with Crippen LogP contribution in [-0.4, -0.2) is 44.6 Å². The molecule has 0 atom stereocenters. The monoisotopic (exact) mass is 378 g/mol. The second kappa shape index (κ2) is 8.26. The van der Waals surface area contributed by atoms with E-state index in [9.17, 15) is 9.59 Å². The number of esters is 1. The van der Waals surface area contributed by atoms with E-state index < -0.39 is 18.5 Å². The maximum absolute atomic E-state index is 12.5. The summed E-state index contributed by atoms with van der Waals surface area (Å²) in [6.45, 7) is 3.35. The molecule has 0 N–H and O–H groups in total. The molecule has 0 fully saturated rings. The highest BCUT2D eigenvalue weighted by atomic mass is 16.5. The fourth-order valence-electron chi connectivity index (χ4n) is 2.69. The average Bonchev–Trinajstić information content (AvgIpc) is 3.11. The number of benzene rings is 1. The van der Waals surface area contributed by atoms with E-state index in [2.05, 4.69) is 15.1 Å². The normalized spacial score (nSPS) is 10.5. The Hall–Kier alpha value is -3.80. The number of amides is 1. The second-order valence-electron chi connectivity index (χ2n) is 6.05. The van der Waals surface area contributed by atoms with Gasteiger partial charge in [-0.1, -0.05) is 18.2 Å². The number of anilines is 1. The Kier molecular flexibility index (Phi) is 5.60. The van der Waals surface area contributed by atoms with Gasteiger partial charge < -0.3 is 9.64 Å². The molecule has 1 amide bonds. The standard InChI is InChI=1S/C19H18N6O3/c1-13-11-14(2)25-19(21-13)22-17(23-25)18(27)28-12-16(26)24(10-6-9-20)15-7-4-3-5-8-15/h3-5,7-8,11H,6,10,12H2,1-2H3. The van der Waals surface area contributed by atoms with Crippen LogP contribution in [0.3, 0.4) is 0 Å². The molecule has 0 bridgehead atoms. The molecule has 28 heavy (non-hydrogen) atoms. The molecule has 0 saturated carbocycles. The molecule has 0 aliphatic heterocycles. The Morgan fingerprint density at radius 1 is 1.21 bits per heavy atom. The molecule has 2 aromatic heterocycles. The van der Waals surface area contributed by atoms with Gasteiger partial charge >= 0.3 is 5.97 Å². The lowest BCUT2D eigenvalue weighted by molar-refractivity contribution is -0.121. The highest BCUT2D eigenvalue weighted by Gasteiger charge is 2.21. The molecule has 0 radical (unpaired) electrons. The average molecular weight is 378 g/mol. The van der Waals surface area contributed by atoms with Gasteiger partial charge in [0.15, 0.2) is 6.61 Å². The van der Waals surface area contributed by atoms with Crippen molar-refractivity contribution in [3.05, 3.63) is 53.6 Å². The number of aryl methyl sites for hydroxylation is 2. The topological polar surface area (TPSA) is 113 Å². The number of para-hydroxylation sites is 1. The van der Waals surface area contributed by atoms with Crippen molar-refractivity contribution in [3.63, 3.8) is 0 Å². The van der Waals surface area contributed by atoms with Gasteiger partial charge in [0.25, 0.3) is 17.5 Å². The van der Waals surface area contributed by atoms with Crippen molar-refractivity contribution >= 4 is 23.3 Å². The Morgan fingerprint density at radius 2 is 1.96 bits per heavy atom. The first kappa shape index (κ1) is 19.0. The van der Waals surface area contributed by atoms with Crippen LogP contribution in [-0.2, 0) is 9.53 Å². The van der Waals surface area contributed by atoms with Crippen LogP contribution in [0, 0.1) is 25.2 Å². The Labute approximate surface area is 161 Å². The number of aromatic nitrogens is 4. The van der Waals surface area contributed by atoms with E-state index in [0.29, 0.717) is 5.69 Å². The van der Waals surface area contributed by atoms with Crippen LogP contribution in [0.2, 0.25) is 0 Å². The van der Waals surface area contributed by atoms with Gasteiger partial charge in [0.2, 0.25) is 0 Å². The third kappa shape index (κ3) is 4.12. The molecule has 0 spiro atoms. The van der Waals surface area contributed by atoms with Gasteiger partial charge in [-0.2, -0.15) is 10.2 Å². The predicted molar refractivity (Wildman–Crippen MR) is 99.6 cm³/mol. The summed E-state index contributed by atoms with van der Waals surface area (Å²) in [5.41, 5.74) is 2.15. The molecule has 3 rings (SSSR count). The molecule has 3 aromatic rings. The summed E-state index contributed by atoms with van der Waals surface area (Å²) >= 11 is 0. The van der Waals surface area contributed by atoms with Gasteiger partial charge in [-0.15, -0.1) is 5.10 Å². The molecule has 0 aliphatic rings. The Bertz CT molecular complexity index is 1050. The van der Waals surface area contributed by atoms with Gasteiger partial charge in [0, 0.05) is 23.6 Å². The van der Waals surface area contributed by atoms with E-state index in [1.807, 2.05) is 32.0 Å². The number of hydrogen-bond donors (Lipinski definition) is 0. The van der Waals surface area contributed by atoms with Crippen molar-refractivity contribution in [2.24, 2.45) is 0 Å². The fourth-order valence-corrected chi connectivity index (χ4v) is 2.69. The number of hydrogen-bond acceptors (Lipinski definition) is 7. The highest BCUT2D eigenvalue weighted by molar-refractivity contribution is 5.96. The lowest BCUT2D eigenvalue weighted by Gasteiger charge is -2.21. The van der Waals surface area contributed by atoms with Crippen molar-refractivity contribution < 1.29 is 14.3 Å². The van der Waals surface area contributed by atoms with E-state index in [4.69, 9.17) is 10.00 Å². The number of nitrogens with zero attached hydrogens (tertiary/aromatic N) is 6. The van der Waals surface area contributed by atoms with Crippen LogP contribution in [0.15, 0.2) is 36.4 Å². The number of carbonyl (C=O) groups is 2. The first-order chi connectivity index (χ1) is 13.5. The van der Waals surface area contributed by atoms with Gasteiger partial charge in [-0.05, 0) is 32.0 Å². The molecular formula is C19H18N6O3. The minimum absolute atomic E-state index is 0.160. The van der Waals surface area contributed by atoms with Crippen molar-refractivity contribution in [2.45, 2.75) is 20.3 Å². The van der Waals surface area contributed by atoms with Gasteiger partial charge in [-0.3, -0.25) is 4.79 Å². The summed E-state index contributed by atoms with van der Waals surface area (Å²) < 4.78 is 6.53. The molecule has 0 unspecified atom stereocenters. The maximum atomic E-state index is 12.5. The quantitative estimate of drug-likeness (QED) is 0.601. The predicted octanol–water partition coefficient (Wildman–Crippen LogP) is 1.84. The summed E-state index contributed by atoms with van der Waals surface area (Å²) in [4.78, 5) is 34.5. The lowest BCUT2D eigenvalue weighted by Crippen LogP contribution is -2.35. The van der Waals surface area contributed by atoms with E-state index in [1.165, 1.54) is 9.42 Å². The lowest BCUT2D eigenvalue weighted by atomic mass is 10.2. The summed E-state index contributed by atoms with van der Waals surface area (Å²) in [6, 6.07) is 12.7. The van der Waals surface area contributed by atoms with Crippen molar-refractivity contribution in [3.8, 4) is 6.07 Å². The second-order valence-corrected chi connectivity index (χ2v) is 6.05. The van der Waals surface area contributed by atoms with Crippen LogP contribution < -0.4 is 4.90 Å². The summed E-state index contributed by atoms with van der Waals surface area (Å²) in [7, 11) is 0. The third-order valence-corrected chi connectivity index (χ3v) is 3.94. The summed E-state index contributed by atoms with van der Waals surface area (Å²) in [5, 5.41) is 12.9. The first-order valence-corrected chi connectivity index (χ1v) is 8.60. The molecular weight excluding hydrogens is 360 g/mol. The zero-order valence-electron chi connectivity index (χ0n) is 15.5. The number of rotatable bonds is 6. The van der Waals surface area contributed by atoms with E-state index in [-0.39, 0.29) is 24.6 Å². The molecule has 2 heterocycles. The van der Waals surface area contributed by atoms with Gasteiger partial charge in [-0.25, -0.2) is 14.3 Å². The number of ether oxygens (including phenoxy) is 1. The largest absolute Gasteiger partial charge is 0.450 e. The van der Waals surface area contributed by atoms with Crippen LogP contribution in [0.1, 0.15) is 28.4 Å². The van der Waals surface area contributed by atoms with Crippen molar-refractivity contribution in [1.82, 2.24) is 19.6 Å². The van der Waals surface area contributed by atoms with E-state index in [1.54, 1.807) is 24.3 Å². The van der Waals surface area contributed by atoms with Gasteiger partial charge in [0.05, 0.1) is 12.5 Å². The Morgan fingerprint density at radius 3 is 2.68 bits per heavy atom. The Balaban J connectivity index is 1.71. The minimum Gasteiger partial charge on any atom is -0.450 e. The molecule has 9 heteroatoms. The third-order valence-electron chi connectivity index (χ3n) is 3.94. The molecule has 9 nitrogen and oxygen atoms in total. The highest BCUT2D eigenvalue weighted by Crippen LogP contribution is 2.14. The zero-order valence-corrected chi connectivity index (χ0v) is 15.5. The fraction of sp³-hybridized carbons (Fsp3) is 0.263. The smallest absolute Gasteiger partial charge is 0.378 e. The van der Waals surface area contributed by atoms with Crippen LogP contribution in [0.5, 0.6) is 0 Å². The van der Waals surface area contributed by atoms with Gasteiger partial charge in [0.1, 0.15) is 0 Å². The van der Waals surface area contributed by atoms with Crippen LogP contribution in [0.25, 0.3) is 5.78 Å². The summed E-state index contributed by atoms with van der Waals surface area (Å²) in [6.07, 6.45) is 0.160. The first-order valence-electron chi connectivity index (χ1n) is 8.60. The molecule has 142 valence electrons. The van der Waals surface area contributed by atoms with Crippen molar-refractivity contribution in [1.29, 1.82) is 5.26 Å². The minimum atomic E-state index is -0.816. The van der Waals surface area contributed by atoms with Crippen LogP contribution in [0.4, 0.5) is 5.69 Å². The number of nitriles is 1. The van der Waals surface area contributed by atoms with Crippen molar-refractivity contribution in [2.75, 3.05) is 18.1 Å². The van der Waals surface area contributed by atoms with E-state index in [0.717, 1.165) is 11.4 Å². The van der Waals surface area contributed by atoms with E-state index >= 15 is 0 Å². The maximum Gasteiger partial charge on any atom is 0.378 e. The molecule has 0 saturated heterocycles. The molecule has 0 aliphatic carbocycles. The zero-order chi connectivity index (χ0) is 20.1. The van der Waals surface area contributed by atoms with Crippen LogP contribution >= 0.6 is 0 Å². The number of fused-ring (bicyclic) bond motifs is 1. The number of carbonyl (C=O) groups excluding carboxylic acids is 2. The SMILES string of the molecule is Cc1cc(C)n2nc(C(=O)OCC(=O)N(CCC#N)c3ccccc3)nc2n1.